The monoisotopic (exact) mass is 324 g/mol. The van der Waals surface area contributed by atoms with E-state index in [2.05, 4.69) is 63.2 Å². The van der Waals surface area contributed by atoms with Crippen molar-refractivity contribution in [1.29, 1.82) is 0 Å². The molecule has 0 atom stereocenters. The van der Waals surface area contributed by atoms with Crippen molar-refractivity contribution in [1.82, 2.24) is 4.98 Å². The van der Waals surface area contributed by atoms with Gasteiger partial charge >= 0.3 is 0 Å². The average molecular weight is 324 g/mol. The second-order valence-electron chi connectivity index (χ2n) is 3.54. The van der Waals surface area contributed by atoms with Gasteiger partial charge in [0.2, 0.25) is 0 Å². The highest BCUT2D eigenvalue weighted by Crippen LogP contribution is 2.11. The molecule has 2 aromatic rings. The summed E-state index contributed by atoms with van der Waals surface area (Å²) >= 11 is 2.31. The lowest BCUT2D eigenvalue weighted by molar-refractivity contribution is 1.01. The van der Waals surface area contributed by atoms with Gasteiger partial charge in [0.25, 0.3) is 0 Å². The Labute approximate surface area is 109 Å². The first-order valence-corrected chi connectivity index (χ1v) is 6.31. The lowest BCUT2D eigenvalue weighted by Gasteiger charge is -2.06. The van der Waals surface area contributed by atoms with Gasteiger partial charge < -0.3 is 5.32 Å². The first-order valence-electron chi connectivity index (χ1n) is 5.23. The standard InChI is InChI=1S/C13H13IN2/c14-12-3-5-13(6-4-12)16-9-7-11-2-1-8-15-10-11/h1-6,8,10,16H,7,9H2. The maximum absolute atomic E-state index is 4.09. The zero-order valence-corrected chi connectivity index (χ0v) is 11.0. The van der Waals surface area contributed by atoms with E-state index < -0.39 is 0 Å². The van der Waals surface area contributed by atoms with E-state index in [0.717, 1.165) is 13.0 Å². The van der Waals surface area contributed by atoms with Crippen molar-refractivity contribution in [3.63, 3.8) is 0 Å². The first kappa shape index (κ1) is 11.4. The molecule has 0 saturated heterocycles. The summed E-state index contributed by atoms with van der Waals surface area (Å²) in [7, 11) is 0. The number of nitrogens with one attached hydrogen (secondary N) is 1. The van der Waals surface area contributed by atoms with Crippen molar-refractivity contribution in [2.75, 3.05) is 11.9 Å². The molecule has 1 N–H and O–H groups in total. The zero-order valence-electron chi connectivity index (χ0n) is 8.86. The zero-order chi connectivity index (χ0) is 11.2. The van der Waals surface area contributed by atoms with E-state index in [1.807, 2.05) is 12.3 Å². The van der Waals surface area contributed by atoms with Crippen LogP contribution in [0.4, 0.5) is 5.69 Å². The van der Waals surface area contributed by atoms with Crippen molar-refractivity contribution in [2.45, 2.75) is 6.42 Å². The molecule has 0 aliphatic carbocycles. The first-order chi connectivity index (χ1) is 7.84. The Kier molecular flexibility index (Phi) is 4.16. The van der Waals surface area contributed by atoms with Crippen LogP contribution in [0.5, 0.6) is 0 Å². The Hall–Kier alpha value is -1.10. The number of benzene rings is 1. The third-order valence-electron chi connectivity index (χ3n) is 2.31. The Morgan fingerprint density at radius 1 is 1.12 bits per heavy atom. The minimum Gasteiger partial charge on any atom is -0.385 e. The molecule has 0 radical (unpaired) electrons. The molecule has 1 heterocycles. The molecular weight excluding hydrogens is 311 g/mol. The third kappa shape index (κ3) is 3.48. The lowest BCUT2D eigenvalue weighted by atomic mass is 10.2. The van der Waals surface area contributed by atoms with Crippen LogP contribution in [0, 0.1) is 3.57 Å². The van der Waals surface area contributed by atoms with Gasteiger partial charge in [-0.05, 0) is 64.9 Å². The van der Waals surface area contributed by atoms with Gasteiger partial charge in [-0.25, -0.2) is 0 Å². The molecule has 82 valence electrons. The Bertz CT molecular complexity index is 425. The van der Waals surface area contributed by atoms with Gasteiger partial charge in [-0.3, -0.25) is 4.98 Å². The summed E-state index contributed by atoms with van der Waals surface area (Å²) in [6, 6.07) is 12.5. The molecular formula is C13H13IN2. The van der Waals surface area contributed by atoms with E-state index in [0.29, 0.717) is 0 Å². The van der Waals surface area contributed by atoms with Gasteiger partial charge in [0.1, 0.15) is 0 Å². The van der Waals surface area contributed by atoms with Crippen molar-refractivity contribution in [3.05, 3.63) is 57.9 Å². The van der Waals surface area contributed by atoms with Crippen molar-refractivity contribution in [3.8, 4) is 0 Å². The molecule has 0 aliphatic rings. The number of anilines is 1. The summed E-state index contributed by atoms with van der Waals surface area (Å²) in [5.41, 5.74) is 2.44. The fraction of sp³-hybridized carbons (Fsp3) is 0.154. The van der Waals surface area contributed by atoms with Crippen molar-refractivity contribution >= 4 is 28.3 Å². The van der Waals surface area contributed by atoms with E-state index >= 15 is 0 Å². The molecule has 0 amide bonds. The quantitative estimate of drug-likeness (QED) is 0.873. The minimum atomic E-state index is 0.937. The van der Waals surface area contributed by atoms with Gasteiger partial charge in [-0.15, -0.1) is 0 Å². The highest BCUT2D eigenvalue weighted by atomic mass is 127. The molecule has 0 saturated carbocycles. The molecule has 2 nitrogen and oxygen atoms in total. The molecule has 0 bridgehead atoms. The lowest BCUT2D eigenvalue weighted by Crippen LogP contribution is -2.04. The Morgan fingerprint density at radius 3 is 2.62 bits per heavy atom. The molecule has 16 heavy (non-hydrogen) atoms. The number of hydrogen-bond donors (Lipinski definition) is 1. The smallest absolute Gasteiger partial charge is 0.0340 e. The van der Waals surface area contributed by atoms with E-state index in [9.17, 15) is 0 Å². The fourth-order valence-electron chi connectivity index (χ4n) is 1.46. The number of hydrogen-bond acceptors (Lipinski definition) is 2. The van der Waals surface area contributed by atoms with Gasteiger partial charge in [0.15, 0.2) is 0 Å². The van der Waals surface area contributed by atoms with Gasteiger partial charge in [0, 0.05) is 28.2 Å². The van der Waals surface area contributed by atoms with Crippen LogP contribution in [0.3, 0.4) is 0 Å². The van der Waals surface area contributed by atoms with Crippen LogP contribution < -0.4 is 5.32 Å². The summed E-state index contributed by atoms with van der Waals surface area (Å²) in [6.07, 6.45) is 4.71. The van der Waals surface area contributed by atoms with Crippen LogP contribution in [-0.4, -0.2) is 11.5 Å². The fourth-order valence-corrected chi connectivity index (χ4v) is 1.82. The predicted molar refractivity (Wildman–Crippen MR) is 75.6 cm³/mol. The summed E-state index contributed by atoms with van der Waals surface area (Å²) in [4.78, 5) is 4.09. The van der Waals surface area contributed by atoms with Crippen LogP contribution in [0.25, 0.3) is 0 Å². The molecule has 0 spiro atoms. The normalized spacial score (nSPS) is 10.1. The predicted octanol–water partition coefficient (Wildman–Crippen LogP) is 3.34. The number of pyridine rings is 1. The van der Waals surface area contributed by atoms with Gasteiger partial charge in [-0.1, -0.05) is 6.07 Å². The highest BCUT2D eigenvalue weighted by Gasteiger charge is 1.93. The van der Waals surface area contributed by atoms with E-state index in [1.165, 1.54) is 14.8 Å². The summed E-state index contributed by atoms with van der Waals surface area (Å²) in [5.74, 6) is 0. The summed E-state index contributed by atoms with van der Waals surface area (Å²) in [5, 5.41) is 3.39. The van der Waals surface area contributed by atoms with Crippen LogP contribution in [0.1, 0.15) is 5.56 Å². The molecule has 3 heteroatoms. The number of halogens is 1. The van der Waals surface area contributed by atoms with E-state index in [1.54, 1.807) is 6.20 Å². The molecule has 2 rings (SSSR count). The third-order valence-corrected chi connectivity index (χ3v) is 3.03. The molecule has 0 fully saturated rings. The van der Waals surface area contributed by atoms with Crippen LogP contribution >= 0.6 is 22.6 Å². The average Bonchev–Trinajstić information content (AvgIpc) is 2.33. The second kappa shape index (κ2) is 5.84. The van der Waals surface area contributed by atoms with Crippen LogP contribution in [0.2, 0.25) is 0 Å². The van der Waals surface area contributed by atoms with Gasteiger partial charge in [-0.2, -0.15) is 0 Å². The largest absolute Gasteiger partial charge is 0.385 e. The maximum Gasteiger partial charge on any atom is 0.0340 e. The molecule has 0 aliphatic heterocycles. The molecule has 1 aromatic carbocycles. The number of rotatable bonds is 4. The van der Waals surface area contributed by atoms with E-state index in [4.69, 9.17) is 0 Å². The summed E-state index contributed by atoms with van der Waals surface area (Å²) in [6.45, 7) is 0.937. The second-order valence-corrected chi connectivity index (χ2v) is 4.79. The van der Waals surface area contributed by atoms with Gasteiger partial charge in [0.05, 0.1) is 0 Å². The maximum atomic E-state index is 4.09. The SMILES string of the molecule is Ic1ccc(NCCc2cccnc2)cc1. The highest BCUT2D eigenvalue weighted by molar-refractivity contribution is 14.1. The molecule has 1 aromatic heterocycles. The Morgan fingerprint density at radius 2 is 1.94 bits per heavy atom. The van der Waals surface area contributed by atoms with E-state index in [-0.39, 0.29) is 0 Å². The van der Waals surface area contributed by atoms with Crippen molar-refractivity contribution in [2.24, 2.45) is 0 Å². The Balaban J connectivity index is 1.82. The molecule has 0 unspecified atom stereocenters. The topological polar surface area (TPSA) is 24.9 Å². The van der Waals surface area contributed by atoms with Crippen LogP contribution in [0.15, 0.2) is 48.8 Å². The van der Waals surface area contributed by atoms with Crippen LogP contribution in [-0.2, 0) is 6.42 Å². The summed E-state index contributed by atoms with van der Waals surface area (Å²) < 4.78 is 1.26. The van der Waals surface area contributed by atoms with Crippen molar-refractivity contribution < 1.29 is 0 Å². The minimum absolute atomic E-state index is 0.937. The number of aromatic nitrogens is 1. The number of nitrogens with zero attached hydrogens (tertiary/aromatic N) is 1.